The standard InChI is InChI=1S/C13H16FNO5S/c1-8-5-10(14)6-9(2)12(8)21(18,19)15-3-4-20-11(7-15)13(16)17/h5-6,11H,3-4,7H2,1-2H3,(H,16,17). The molecule has 0 bridgehead atoms. The van der Waals surface area contributed by atoms with Crippen molar-refractivity contribution < 1.29 is 27.4 Å². The average molecular weight is 317 g/mol. The van der Waals surface area contributed by atoms with E-state index in [1.165, 1.54) is 13.8 Å². The minimum absolute atomic E-state index is 0.00941. The quantitative estimate of drug-likeness (QED) is 0.896. The van der Waals surface area contributed by atoms with Gasteiger partial charge in [-0.15, -0.1) is 0 Å². The van der Waals surface area contributed by atoms with Crippen LogP contribution in [-0.2, 0) is 19.6 Å². The number of halogens is 1. The number of hydrogen-bond donors (Lipinski definition) is 1. The van der Waals surface area contributed by atoms with Gasteiger partial charge in [0, 0.05) is 6.54 Å². The van der Waals surface area contributed by atoms with Gasteiger partial charge in [0.25, 0.3) is 0 Å². The summed E-state index contributed by atoms with van der Waals surface area (Å²) in [6, 6.07) is 2.30. The van der Waals surface area contributed by atoms with Crippen molar-refractivity contribution in [2.45, 2.75) is 24.8 Å². The van der Waals surface area contributed by atoms with Crippen LogP contribution in [0.5, 0.6) is 0 Å². The molecular weight excluding hydrogens is 301 g/mol. The smallest absolute Gasteiger partial charge is 0.334 e. The minimum Gasteiger partial charge on any atom is -0.479 e. The summed E-state index contributed by atoms with van der Waals surface area (Å²) in [6.45, 7) is 2.85. The highest BCUT2D eigenvalue weighted by Gasteiger charge is 2.35. The summed E-state index contributed by atoms with van der Waals surface area (Å²) in [4.78, 5) is 11.0. The van der Waals surface area contributed by atoms with Crippen LogP contribution in [0.4, 0.5) is 4.39 Å². The highest BCUT2D eigenvalue weighted by molar-refractivity contribution is 7.89. The summed E-state index contributed by atoms with van der Waals surface area (Å²) in [7, 11) is -3.88. The lowest BCUT2D eigenvalue weighted by Crippen LogP contribution is -2.48. The molecule has 1 heterocycles. The zero-order valence-corrected chi connectivity index (χ0v) is 12.5. The van der Waals surface area contributed by atoms with E-state index in [2.05, 4.69) is 0 Å². The van der Waals surface area contributed by atoms with Crippen LogP contribution in [0.1, 0.15) is 11.1 Å². The summed E-state index contributed by atoms with van der Waals surface area (Å²) in [5.74, 6) is -1.71. The first-order chi connectivity index (χ1) is 9.73. The Balaban J connectivity index is 2.41. The maximum Gasteiger partial charge on any atom is 0.334 e. The monoisotopic (exact) mass is 317 g/mol. The Morgan fingerprint density at radius 3 is 2.48 bits per heavy atom. The second-order valence-corrected chi connectivity index (χ2v) is 6.80. The van der Waals surface area contributed by atoms with Crippen molar-refractivity contribution in [1.29, 1.82) is 0 Å². The van der Waals surface area contributed by atoms with Crippen molar-refractivity contribution in [3.63, 3.8) is 0 Å². The number of carboxylic acids is 1. The first-order valence-electron chi connectivity index (χ1n) is 6.35. The number of morpholine rings is 1. The lowest BCUT2D eigenvalue weighted by molar-refractivity contribution is -0.153. The van der Waals surface area contributed by atoms with Crippen molar-refractivity contribution in [2.24, 2.45) is 0 Å². The molecule has 2 rings (SSSR count). The Bertz CT molecular complexity index is 650. The van der Waals surface area contributed by atoms with E-state index in [-0.39, 0.29) is 24.6 Å². The maximum absolute atomic E-state index is 13.3. The van der Waals surface area contributed by atoms with Crippen LogP contribution in [0.2, 0.25) is 0 Å². The Labute approximate surface area is 122 Å². The van der Waals surface area contributed by atoms with Gasteiger partial charge in [-0.25, -0.2) is 17.6 Å². The number of aryl methyl sites for hydroxylation is 2. The summed E-state index contributed by atoms with van der Waals surface area (Å²) >= 11 is 0. The topological polar surface area (TPSA) is 83.9 Å². The molecule has 21 heavy (non-hydrogen) atoms. The zero-order chi connectivity index (χ0) is 15.8. The first-order valence-corrected chi connectivity index (χ1v) is 7.79. The van der Waals surface area contributed by atoms with Gasteiger partial charge in [0.2, 0.25) is 10.0 Å². The van der Waals surface area contributed by atoms with Gasteiger partial charge < -0.3 is 9.84 Å². The summed E-state index contributed by atoms with van der Waals surface area (Å²) in [5.41, 5.74) is 0.594. The molecule has 1 aliphatic rings. The molecule has 6 nitrogen and oxygen atoms in total. The van der Waals surface area contributed by atoms with Gasteiger partial charge in [0.05, 0.1) is 18.0 Å². The fourth-order valence-corrected chi connectivity index (χ4v) is 4.26. The minimum atomic E-state index is -3.88. The van der Waals surface area contributed by atoms with Crippen molar-refractivity contribution in [1.82, 2.24) is 4.31 Å². The van der Waals surface area contributed by atoms with E-state index in [4.69, 9.17) is 9.84 Å². The SMILES string of the molecule is Cc1cc(F)cc(C)c1S(=O)(=O)N1CCOC(C(=O)O)C1. The molecular formula is C13H16FNO5S. The van der Waals surface area contributed by atoms with E-state index >= 15 is 0 Å². The number of aliphatic carboxylic acids is 1. The Morgan fingerprint density at radius 1 is 1.38 bits per heavy atom. The fraction of sp³-hybridized carbons (Fsp3) is 0.462. The third-order valence-electron chi connectivity index (χ3n) is 3.33. The lowest BCUT2D eigenvalue weighted by Gasteiger charge is -2.30. The molecule has 0 aromatic heterocycles. The molecule has 0 amide bonds. The maximum atomic E-state index is 13.3. The van der Waals surface area contributed by atoms with Gasteiger partial charge in [-0.1, -0.05) is 0 Å². The summed E-state index contributed by atoms with van der Waals surface area (Å²) in [6.07, 6.45) is -1.19. The number of carboxylic acid groups (broad SMARTS) is 1. The normalized spacial score (nSPS) is 20.4. The second kappa shape index (κ2) is 5.70. The molecule has 0 saturated carbocycles. The number of benzene rings is 1. The van der Waals surface area contributed by atoms with Gasteiger partial charge >= 0.3 is 5.97 Å². The third kappa shape index (κ3) is 3.07. The zero-order valence-electron chi connectivity index (χ0n) is 11.7. The van der Waals surface area contributed by atoms with Crippen LogP contribution in [0.25, 0.3) is 0 Å². The highest BCUT2D eigenvalue weighted by Crippen LogP contribution is 2.26. The summed E-state index contributed by atoms with van der Waals surface area (Å²) < 4.78 is 44.7. The van der Waals surface area contributed by atoms with Crippen LogP contribution < -0.4 is 0 Å². The molecule has 0 radical (unpaired) electrons. The average Bonchev–Trinajstić information content (AvgIpc) is 2.37. The van der Waals surface area contributed by atoms with E-state index < -0.39 is 27.9 Å². The van der Waals surface area contributed by atoms with Crippen LogP contribution in [-0.4, -0.2) is 49.6 Å². The molecule has 1 aromatic rings. The van der Waals surface area contributed by atoms with Gasteiger partial charge in [0.1, 0.15) is 5.82 Å². The third-order valence-corrected chi connectivity index (χ3v) is 5.50. The molecule has 1 N–H and O–H groups in total. The number of ether oxygens (including phenoxy) is 1. The number of hydrogen-bond acceptors (Lipinski definition) is 4. The molecule has 1 unspecified atom stereocenters. The Hall–Kier alpha value is -1.51. The number of rotatable bonds is 3. The van der Waals surface area contributed by atoms with Crippen LogP contribution in [0, 0.1) is 19.7 Å². The van der Waals surface area contributed by atoms with Gasteiger partial charge in [-0.3, -0.25) is 0 Å². The molecule has 0 spiro atoms. The summed E-state index contributed by atoms with van der Waals surface area (Å²) in [5, 5.41) is 8.94. The molecule has 0 aliphatic carbocycles. The molecule has 116 valence electrons. The number of sulfonamides is 1. The van der Waals surface area contributed by atoms with Crippen molar-refractivity contribution in [3.8, 4) is 0 Å². The Kier molecular flexibility index (Phi) is 4.31. The first kappa shape index (κ1) is 15.9. The van der Waals surface area contributed by atoms with Crippen LogP contribution >= 0.6 is 0 Å². The predicted octanol–water partition coefficient (Wildman–Crippen LogP) is 0.917. The largest absolute Gasteiger partial charge is 0.479 e. The van der Waals surface area contributed by atoms with Crippen molar-refractivity contribution in [3.05, 3.63) is 29.1 Å². The van der Waals surface area contributed by atoms with E-state index in [1.807, 2.05) is 0 Å². The predicted molar refractivity (Wildman–Crippen MR) is 72.0 cm³/mol. The molecule has 1 saturated heterocycles. The van der Waals surface area contributed by atoms with Crippen molar-refractivity contribution in [2.75, 3.05) is 19.7 Å². The van der Waals surface area contributed by atoms with E-state index in [0.29, 0.717) is 11.1 Å². The number of nitrogens with zero attached hydrogens (tertiary/aromatic N) is 1. The van der Waals surface area contributed by atoms with Gasteiger partial charge in [-0.2, -0.15) is 4.31 Å². The highest BCUT2D eigenvalue weighted by atomic mass is 32.2. The lowest BCUT2D eigenvalue weighted by atomic mass is 10.1. The van der Waals surface area contributed by atoms with Crippen molar-refractivity contribution >= 4 is 16.0 Å². The molecule has 1 fully saturated rings. The van der Waals surface area contributed by atoms with E-state index in [1.54, 1.807) is 0 Å². The molecule has 1 aliphatic heterocycles. The molecule has 1 aromatic carbocycles. The van der Waals surface area contributed by atoms with E-state index in [9.17, 15) is 17.6 Å². The van der Waals surface area contributed by atoms with Gasteiger partial charge in [0.15, 0.2) is 6.10 Å². The van der Waals surface area contributed by atoms with Crippen LogP contribution in [0.3, 0.4) is 0 Å². The molecule has 8 heteroatoms. The number of carbonyl (C=O) groups is 1. The van der Waals surface area contributed by atoms with Gasteiger partial charge in [-0.05, 0) is 37.1 Å². The van der Waals surface area contributed by atoms with E-state index in [0.717, 1.165) is 16.4 Å². The molecule has 1 atom stereocenters. The van der Waals surface area contributed by atoms with Crippen LogP contribution in [0.15, 0.2) is 17.0 Å². The Morgan fingerprint density at radius 2 is 1.95 bits per heavy atom. The second-order valence-electron chi connectivity index (χ2n) is 4.93. The fourth-order valence-electron chi connectivity index (χ4n) is 2.43.